The van der Waals surface area contributed by atoms with Crippen LogP contribution in [-0.4, -0.2) is 50.3 Å². The molecule has 3 heterocycles. The van der Waals surface area contributed by atoms with Crippen LogP contribution in [0.1, 0.15) is 6.42 Å². The van der Waals surface area contributed by atoms with Gasteiger partial charge in [-0.2, -0.15) is 0 Å². The minimum absolute atomic E-state index is 0.0501. The first-order valence-corrected chi connectivity index (χ1v) is 9.87. The normalized spacial score (nSPS) is 17.2. The molecule has 4 rings (SSSR count). The Morgan fingerprint density at radius 1 is 1.07 bits per heavy atom. The van der Waals surface area contributed by atoms with Gasteiger partial charge < -0.3 is 19.9 Å². The Balaban J connectivity index is 1.35. The van der Waals surface area contributed by atoms with Crippen molar-refractivity contribution >= 4 is 34.7 Å². The Labute approximate surface area is 169 Å². The number of halogens is 1. The lowest BCUT2D eigenvalue weighted by Crippen LogP contribution is -2.36. The minimum atomic E-state index is -0.0501. The molecule has 2 aliphatic rings. The van der Waals surface area contributed by atoms with Crippen LogP contribution in [0.2, 0.25) is 5.02 Å². The Kier molecular flexibility index (Phi) is 5.78. The summed E-state index contributed by atoms with van der Waals surface area (Å²) in [6.45, 7) is 4.65. The van der Waals surface area contributed by atoms with Crippen LogP contribution in [0.4, 0.5) is 17.2 Å². The van der Waals surface area contributed by atoms with Gasteiger partial charge in [0, 0.05) is 49.3 Å². The van der Waals surface area contributed by atoms with Gasteiger partial charge in [0.05, 0.1) is 18.2 Å². The van der Waals surface area contributed by atoms with E-state index in [-0.39, 0.29) is 5.91 Å². The van der Waals surface area contributed by atoms with Crippen LogP contribution >= 0.6 is 11.6 Å². The van der Waals surface area contributed by atoms with E-state index >= 15 is 0 Å². The molecule has 1 aromatic heterocycles. The SMILES string of the molecule is O=C(Nc1ccc(N2CCOCC2)cc1)C1=CCN(c2ncccc2Cl)CC1. The van der Waals surface area contributed by atoms with Gasteiger partial charge in [0.2, 0.25) is 0 Å². The van der Waals surface area contributed by atoms with Crippen molar-refractivity contribution < 1.29 is 9.53 Å². The largest absolute Gasteiger partial charge is 0.378 e. The summed E-state index contributed by atoms with van der Waals surface area (Å²) >= 11 is 6.22. The molecule has 1 aromatic carbocycles. The van der Waals surface area contributed by atoms with E-state index in [1.165, 1.54) is 0 Å². The van der Waals surface area contributed by atoms with Gasteiger partial charge in [-0.15, -0.1) is 0 Å². The van der Waals surface area contributed by atoms with Gasteiger partial charge in [-0.1, -0.05) is 17.7 Å². The molecule has 0 radical (unpaired) electrons. The van der Waals surface area contributed by atoms with E-state index in [0.29, 0.717) is 24.5 Å². The number of carbonyl (C=O) groups is 1. The summed E-state index contributed by atoms with van der Waals surface area (Å²) in [6.07, 6.45) is 4.34. The topological polar surface area (TPSA) is 57.7 Å². The van der Waals surface area contributed by atoms with E-state index in [0.717, 1.165) is 49.1 Å². The molecular weight excluding hydrogens is 376 g/mol. The van der Waals surface area contributed by atoms with Crippen LogP contribution in [0.3, 0.4) is 0 Å². The highest BCUT2D eigenvalue weighted by Gasteiger charge is 2.19. The molecule has 6 nitrogen and oxygen atoms in total. The number of nitrogens with one attached hydrogen (secondary N) is 1. The number of amides is 1. The van der Waals surface area contributed by atoms with E-state index < -0.39 is 0 Å². The fourth-order valence-electron chi connectivity index (χ4n) is 3.47. The Morgan fingerprint density at radius 2 is 1.86 bits per heavy atom. The standard InChI is InChI=1S/C21H23ClN4O2/c22-19-2-1-9-23-20(19)26-10-7-16(8-11-26)21(27)24-17-3-5-18(6-4-17)25-12-14-28-15-13-25/h1-7,9H,8,10-15H2,(H,24,27). The zero-order chi connectivity index (χ0) is 19.3. The van der Waals surface area contributed by atoms with E-state index in [1.807, 2.05) is 42.5 Å². The Hall–Kier alpha value is -2.57. The molecular formula is C21H23ClN4O2. The molecule has 0 aliphatic carbocycles. The number of ether oxygens (including phenoxy) is 1. The van der Waals surface area contributed by atoms with Gasteiger partial charge in [-0.25, -0.2) is 4.98 Å². The summed E-state index contributed by atoms with van der Waals surface area (Å²) < 4.78 is 5.39. The molecule has 0 atom stereocenters. The number of carbonyl (C=O) groups excluding carboxylic acids is 1. The summed E-state index contributed by atoms with van der Waals surface area (Å²) in [4.78, 5) is 21.3. The zero-order valence-corrected chi connectivity index (χ0v) is 16.4. The Bertz CT molecular complexity index is 863. The van der Waals surface area contributed by atoms with Crippen LogP contribution in [0.5, 0.6) is 0 Å². The summed E-state index contributed by atoms with van der Waals surface area (Å²) in [6, 6.07) is 11.6. The molecule has 1 saturated heterocycles. The van der Waals surface area contributed by atoms with Crippen molar-refractivity contribution in [3.05, 3.63) is 59.3 Å². The van der Waals surface area contributed by atoms with E-state index in [1.54, 1.807) is 6.20 Å². The van der Waals surface area contributed by atoms with Gasteiger partial charge in [0.15, 0.2) is 0 Å². The summed E-state index contributed by atoms with van der Waals surface area (Å²) in [7, 11) is 0. The number of pyridine rings is 1. The minimum Gasteiger partial charge on any atom is -0.378 e. The van der Waals surface area contributed by atoms with Crippen LogP contribution in [0.15, 0.2) is 54.2 Å². The average molecular weight is 399 g/mol. The second-order valence-corrected chi connectivity index (χ2v) is 7.24. The van der Waals surface area contributed by atoms with Crippen molar-refractivity contribution in [3.63, 3.8) is 0 Å². The third kappa shape index (κ3) is 4.29. The molecule has 0 bridgehead atoms. The molecule has 28 heavy (non-hydrogen) atoms. The number of rotatable bonds is 4. The number of anilines is 3. The van der Waals surface area contributed by atoms with Crippen LogP contribution in [-0.2, 0) is 9.53 Å². The molecule has 7 heteroatoms. The van der Waals surface area contributed by atoms with Crippen LogP contribution < -0.4 is 15.1 Å². The lowest BCUT2D eigenvalue weighted by Gasteiger charge is -2.29. The van der Waals surface area contributed by atoms with E-state index in [2.05, 4.69) is 20.1 Å². The quantitative estimate of drug-likeness (QED) is 0.855. The number of hydrogen-bond donors (Lipinski definition) is 1. The summed E-state index contributed by atoms with van der Waals surface area (Å²) in [5, 5.41) is 3.63. The molecule has 1 fully saturated rings. The molecule has 146 valence electrons. The van der Waals surface area contributed by atoms with Crippen molar-refractivity contribution in [2.45, 2.75) is 6.42 Å². The van der Waals surface area contributed by atoms with Crippen LogP contribution in [0.25, 0.3) is 0 Å². The maximum Gasteiger partial charge on any atom is 0.251 e. The average Bonchev–Trinajstić information content (AvgIpc) is 2.75. The number of nitrogens with zero attached hydrogens (tertiary/aromatic N) is 3. The van der Waals surface area contributed by atoms with Gasteiger partial charge in [-0.05, 0) is 42.8 Å². The smallest absolute Gasteiger partial charge is 0.251 e. The third-order valence-corrected chi connectivity index (χ3v) is 5.34. The van der Waals surface area contributed by atoms with E-state index in [9.17, 15) is 4.79 Å². The first kappa shape index (κ1) is 18.8. The maximum absolute atomic E-state index is 12.6. The van der Waals surface area contributed by atoms with Crippen LogP contribution in [0, 0.1) is 0 Å². The number of benzene rings is 1. The number of morpholine rings is 1. The van der Waals surface area contributed by atoms with Crippen molar-refractivity contribution in [2.75, 3.05) is 54.5 Å². The molecule has 1 amide bonds. The fourth-order valence-corrected chi connectivity index (χ4v) is 3.71. The highest BCUT2D eigenvalue weighted by molar-refractivity contribution is 6.32. The van der Waals surface area contributed by atoms with Gasteiger partial charge >= 0.3 is 0 Å². The van der Waals surface area contributed by atoms with Gasteiger partial charge in [0.1, 0.15) is 5.82 Å². The predicted octanol–water partition coefficient (Wildman–Crippen LogP) is 3.35. The van der Waals surface area contributed by atoms with Crippen molar-refractivity contribution in [3.8, 4) is 0 Å². The molecule has 1 N–H and O–H groups in total. The maximum atomic E-state index is 12.6. The second-order valence-electron chi connectivity index (χ2n) is 6.83. The second kappa shape index (κ2) is 8.63. The molecule has 2 aliphatic heterocycles. The van der Waals surface area contributed by atoms with E-state index in [4.69, 9.17) is 16.3 Å². The van der Waals surface area contributed by atoms with Gasteiger partial charge in [0.25, 0.3) is 5.91 Å². The fraction of sp³-hybridized carbons (Fsp3) is 0.333. The van der Waals surface area contributed by atoms with Gasteiger partial charge in [-0.3, -0.25) is 4.79 Å². The third-order valence-electron chi connectivity index (χ3n) is 5.04. The highest BCUT2D eigenvalue weighted by Crippen LogP contribution is 2.26. The van der Waals surface area contributed by atoms with Crippen molar-refractivity contribution in [1.82, 2.24) is 4.98 Å². The lowest BCUT2D eigenvalue weighted by atomic mass is 10.1. The predicted molar refractivity (Wildman–Crippen MR) is 112 cm³/mol. The number of hydrogen-bond acceptors (Lipinski definition) is 5. The summed E-state index contributed by atoms with van der Waals surface area (Å²) in [5.74, 6) is 0.712. The van der Waals surface area contributed by atoms with Crippen molar-refractivity contribution in [2.24, 2.45) is 0 Å². The molecule has 0 saturated carbocycles. The molecule has 0 spiro atoms. The number of aromatic nitrogens is 1. The molecule has 0 unspecified atom stereocenters. The molecule has 2 aromatic rings. The first-order valence-electron chi connectivity index (χ1n) is 9.49. The highest BCUT2D eigenvalue weighted by atomic mass is 35.5. The zero-order valence-electron chi connectivity index (χ0n) is 15.6. The monoisotopic (exact) mass is 398 g/mol. The summed E-state index contributed by atoms with van der Waals surface area (Å²) in [5.41, 5.74) is 2.75. The Morgan fingerprint density at radius 3 is 2.54 bits per heavy atom. The van der Waals surface area contributed by atoms with Crippen molar-refractivity contribution in [1.29, 1.82) is 0 Å². The first-order chi connectivity index (χ1) is 13.7. The lowest BCUT2D eigenvalue weighted by molar-refractivity contribution is -0.113.